The number of nitrogens with two attached hydrogens (primary N) is 1. The predicted molar refractivity (Wildman–Crippen MR) is 86.9 cm³/mol. The molecule has 0 unspecified atom stereocenters. The van der Waals surface area contributed by atoms with Gasteiger partial charge in [-0.3, -0.25) is 4.90 Å². The second kappa shape index (κ2) is 6.42. The van der Waals surface area contributed by atoms with Crippen molar-refractivity contribution >= 4 is 17.0 Å². The van der Waals surface area contributed by atoms with Gasteiger partial charge < -0.3 is 5.73 Å². The van der Waals surface area contributed by atoms with E-state index in [0.717, 1.165) is 24.7 Å². The molecule has 0 radical (unpaired) electrons. The first-order valence-corrected chi connectivity index (χ1v) is 8.35. The molecule has 0 aliphatic heterocycles. The zero-order valence-electron chi connectivity index (χ0n) is 11.8. The zero-order valence-corrected chi connectivity index (χ0v) is 12.6. The van der Waals surface area contributed by atoms with Crippen LogP contribution in [0.25, 0.3) is 0 Å². The molecule has 1 saturated carbocycles. The van der Waals surface area contributed by atoms with E-state index in [-0.39, 0.29) is 0 Å². The summed E-state index contributed by atoms with van der Waals surface area (Å²) in [6, 6.07) is 11.4. The Labute approximate surface area is 125 Å². The monoisotopic (exact) mass is 286 g/mol. The van der Waals surface area contributed by atoms with Gasteiger partial charge in [0.2, 0.25) is 0 Å². The van der Waals surface area contributed by atoms with Gasteiger partial charge in [-0.05, 0) is 72.3 Å². The molecule has 1 heterocycles. The van der Waals surface area contributed by atoms with Gasteiger partial charge in [0.15, 0.2) is 0 Å². The van der Waals surface area contributed by atoms with Gasteiger partial charge in [-0.1, -0.05) is 12.1 Å². The smallest absolute Gasteiger partial charge is 0.0314 e. The molecule has 2 aromatic rings. The number of thiophene rings is 1. The third-order valence-corrected chi connectivity index (χ3v) is 4.65. The highest BCUT2D eigenvalue weighted by Crippen LogP contribution is 2.29. The van der Waals surface area contributed by atoms with Gasteiger partial charge in [-0.15, -0.1) is 0 Å². The first-order valence-electron chi connectivity index (χ1n) is 7.41. The van der Waals surface area contributed by atoms with E-state index in [1.54, 1.807) is 11.3 Å². The summed E-state index contributed by atoms with van der Waals surface area (Å²) in [7, 11) is 0. The fourth-order valence-corrected chi connectivity index (χ4v) is 3.28. The van der Waals surface area contributed by atoms with Crippen molar-refractivity contribution in [3.05, 3.63) is 52.2 Å². The molecule has 1 fully saturated rings. The average molecular weight is 286 g/mol. The van der Waals surface area contributed by atoms with Crippen molar-refractivity contribution in [2.75, 3.05) is 12.3 Å². The molecule has 1 aliphatic carbocycles. The number of hydrogen-bond acceptors (Lipinski definition) is 3. The molecule has 0 amide bonds. The number of benzene rings is 1. The van der Waals surface area contributed by atoms with E-state index >= 15 is 0 Å². The van der Waals surface area contributed by atoms with E-state index in [1.807, 2.05) is 12.1 Å². The van der Waals surface area contributed by atoms with E-state index in [1.165, 1.54) is 36.9 Å². The number of aryl methyl sites for hydroxylation is 1. The summed E-state index contributed by atoms with van der Waals surface area (Å²) < 4.78 is 0. The predicted octanol–water partition coefficient (Wildman–Crippen LogP) is 3.93. The van der Waals surface area contributed by atoms with Crippen molar-refractivity contribution in [1.82, 2.24) is 4.90 Å². The van der Waals surface area contributed by atoms with Crippen LogP contribution in [0.1, 0.15) is 30.4 Å². The van der Waals surface area contributed by atoms with E-state index in [0.29, 0.717) is 0 Å². The normalized spacial score (nSPS) is 14.8. The lowest BCUT2D eigenvalue weighted by Crippen LogP contribution is -2.26. The fraction of sp³-hybridized carbons (Fsp3) is 0.412. The third-order valence-electron chi connectivity index (χ3n) is 3.92. The van der Waals surface area contributed by atoms with Gasteiger partial charge in [0, 0.05) is 18.3 Å². The highest BCUT2D eigenvalue weighted by molar-refractivity contribution is 7.07. The molecular weight excluding hydrogens is 264 g/mol. The van der Waals surface area contributed by atoms with Crippen molar-refractivity contribution in [3.8, 4) is 0 Å². The molecule has 3 heteroatoms. The molecule has 3 rings (SSSR count). The zero-order chi connectivity index (χ0) is 13.8. The van der Waals surface area contributed by atoms with Crippen LogP contribution in [0.3, 0.4) is 0 Å². The Morgan fingerprint density at radius 3 is 2.55 bits per heavy atom. The Morgan fingerprint density at radius 2 is 1.90 bits per heavy atom. The summed E-state index contributed by atoms with van der Waals surface area (Å²) in [6.07, 6.45) is 5.13. The maximum absolute atomic E-state index is 5.72. The lowest BCUT2D eigenvalue weighted by atomic mass is 10.1. The maximum Gasteiger partial charge on any atom is 0.0314 e. The van der Waals surface area contributed by atoms with Gasteiger partial charge in [0.05, 0.1) is 0 Å². The molecule has 0 spiro atoms. The van der Waals surface area contributed by atoms with Crippen molar-refractivity contribution in [1.29, 1.82) is 0 Å². The fourth-order valence-electron chi connectivity index (χ4n) is 2.62. The summed E-state index contributed by atoms with van der Waals surface area (Å²) in [5, 5.41) is 4.45. The largest absolute Gasteiger partial charge is 0.399 e. The van der Waals surface area contributed by atoms with Crippen molar-refractivity contribution in [2.24, 2.45) is 0 Å². The topological polar surface area (TPSA) is 29.3 Å². The van der Waals surface area contributed by atoms with E-state index < -0.39 is 0 Å². The Morgan fingerprint density at radius 1 is 1.10 bits per heavy atom. The van der Waals surface area contributed by atoms with Crippen LogP contribution in [-0.2, 0) is 13.0 Å². The Hall–Kier alpha value is -1.32. The standard InChI is InChI=1S/C17H22N2S/c18-16-5-3-14(4-6-16)2-1-10-19(17-7-8-17)12-15-9-11-20-13-15/h3-6,9,11,13,17H,1-2,7-8,10,12,18H2. The number of nitrogen functional groups attached to an aromatic ring is 1. The molecule has 0 atom stereocenters. The quantitative estimate of drug-likeness (QED) is 0.781. The van der Waals surface area contributed by atoms with Crippen molar-refractivity contribution in [3.63, 3.8) is 0 Å². The Bertz CT molecular complexity index is 514. The molecular formula is C17H22N2S. The molecule has 20 heavy (non-hydrogen) atoms. The van der Waals surface area contributed by atoms with E-state index in [9.17, 15) is 0 Å². The first-order chi connectivity index (χ1) is 9.81. The molecule has 1 aromatic carbocycles. The SMILES string of the molecule is Nc1ccc(CCCN(Cc2ccsc2)C2CC2)cc1. The minimum Gasteiger partial charge on any atom is -0.399 e. The Kier molecular flexibility index (Phi) is 4.38. The summed E-state index contributed by atoms with van der Waals surface area (Å²) in [5.41, 5.74) is 9.43. The minimum absolute atomic E-state index is 0.835. The molecule has 0 bridgehead atoms. The molecule has 0 saturated heterocycles. The van der Waals surface area contributed by atoms with Crippen LogP contribution in [0, 0.1) is 0 Å². The Balaban J connectivity index is 1.48. The van der Waals surface area contributed by atoms with Crippen LogP contribution < -0.4 is 5.73 Å². The lowest BCUT2D eigenvalue weighted by Gasteiger charge is -2.21. The minimum atomic E-state index is 0.835. The van der Waals surface area contributed by atoms with Gasteiger partial charge in [-0.2, -0.15) is 11.3 Å². The number of nitrogens with zero attached hydrogens (tertiary/aromatic N) is 1. The van der Waals surface area contributed by atoms with E-state index in [2.05, 4.69) is 33.9 Å². The summed E-state index contributed by atoms with van der Waals surface area (Å²) >= 11 is 1.80. The van der Waals surface area contributed by atoms with Crippen molar-refractivity contribution < 1.29 is 0 Å². The summed E-state index contributed by atoms with van der Waals surface area (Å²) in [6.45, 7) is 2.32. The highest BCUT2D eigenvalue weighted by atomic mass is 32.1. The van der Waals surface area contributed by atoms with Crippen molar-refractivity contribution in [2.45, 2.75) is 38.3 Å². The molecule has 1 aromatic heterocycles. The molecule has 2 N–H and O–H groups in total. The molecule has 2 nitrogen and oxygen atoms in total. The number of hydrogen-bond donors (Lipinski definition) is 1. The van der Waals surface area contributed by atoms with Gasteiger partial charge >= 0.3 is 0 Å². The van der Waals surface area contributed by atoms with Gasteiger partial charge in [0.1, 0.15) is 0 Å². The lowest BCUT2D eigenvalue weighted by molar-refractivity contribution is 0.252. The molecule has 1 aliphatic rings. The average Bonchev–Trinajstić information content (AvgIpc) is 3.18. The first kappa shape index (κ1) is 13.7. The number of anilines is 1. The number of rotatable bonds is 7. The second-order valence-electron chi connectivity index (χ2n) is 5.68. The van der Waals surface area contributed by atoms with Crippen LogP contribution in [0.5, 0.6) is 0 Å². The van der Waals surface area contributed by atoms with E-state index in [4.69, 9.17) is 5.73 Å². The second-order valence-corrected chi connectivity index (χ2v) is 6.46. The van der Waals surface area contributed by atoms with Crippen LogP contribution >= 0.6 is 11.3 Å². The highest BCUT2D eigenvalue weighted by Gasteiger charge is 2.28. The summed E-state index contributed by atoms with van der Waals surface area (Å²) in [5.74, 6) is 0. The van der Waals surface area contributed by atoms with Gasteiger partial charge in [0.25, 0.3) is 0 Å². The van der Waals surface area contributed by atoms with Crippen LogP contribution in [0.2, 0.25) is 0 Å². The van der Waals surface area contributed by atoms with Crippen LogP contribution in [0.4, 0.5) is 5.69 Å². The van der Waals surface area contributed by atoms with Crippen LogP contribution in [-0.4, -0.2) is 17.5 Å². The molecule has 106 valence electrons. The maximum atomic E-state index is 5.72. The van der Waals surface area contributed by atoms with Gasteiger partial charge in [-0.25, -0.2) is 0 Å². The summed E-state index contributed by atoms with van der Waals surface area (Å²) in [4.78, 5) is 2.65. The van der Waals surface area contributed by atoms with Crippen LogP contribution in [0.15, 0.2) is 41.1 Å². The third kappa shape index (κ3) is 3.84.